The van der Waals surface area contributed by atoms with E-state index in [4.69, 9.17) is 14.8 Å². The number of carbonyl (C=O) groups excluding carboxylic acids is 1. The quantitative estimate of drug-likeness (QED) is 0.113. The average Bonchev–Trinajstić information content (AvgIpc) is 3.52. The van der Waals surface area contributed by atoms with Crippen molar-refractivity contribution in [2.75, 3.05) is 19.7 Å². The second-order valence-electron chi connectivity index (χ2n) is 14.9. The summed E-state index contributed by atoms with van der Waals surface area (Å²) < 4.78 is 7.85. The first-order chi connectivity index (χ1) is 24.1. The number of amides is 2. The Labute approximate surface area is 293 Å². The van der Waals surface area contributed by atoms with Crippen LogP contribution in [0.5, 0.6) is 0 Å². The Hall–Kier alpha value is -4.80. The predicted octanol–water partition coefficient (Wildman–Crippen LogP) is 7.92. The topological polar surface area (TPSA) is 105 Å². The first-order valence-corrected chi connectivity index (χ1v) is 21.4. The summed E-state index contributed by atoms with van der Waals surface area (Å²) in [6, 6.07) is 25.1. The summed E-state index contributed by atoms with van der Waals surface area (Å²) in [6.45, 7) is 11.5. The molecule has 258 valence electrons. The zero-order valence-electron chi connectivity index (χ0n) is 29.4. The fraction of sp³-hybridized carbons (Fsp3) is 0.350. The van der Waals surface area contributed by atoms with Crippen molar-refractivity contribution < 1.29 is 9.53 Å². The molecule has 1 fully saturated rings. The van der Waals surface area contributed by atoms with Gasteiger partial charge in [0.2, 0.25) is 0 Å². The lowest BCUT2D eigenvalue weighted by atomic mass is 9.89. The molecule has 50 heavy (non-hydrogen) atoms. The normalized spacial score (nSPS) is 14.8. The van der Waals surface area contributed by atoms with Gasteiger partial charge in [0.15, 0.2) is 0 Å². The number of likely N-dealkylation sites (tertiary alicyclic amines) is 1. The van der Waals surface area contributed by atoms with Gasteiger partial charge in [-0.15, -0.1) is 0 Å². The molecule has 0 aliphatic carbocycles. The van der Waals surface area contributed by atoms with Crippen LogP contribution in [-0.4, -0.2) is 58.4 Å². The van der Waals surface area contributed by atoms with Gasteiger partial charge in [-0.05, 0) is 84.3 Å². The lowest BCUT2D eigenvalue weighted by molar-refractivity contribution is 0.0791. The van der Waals surface area contributed by atoms with Crippen LogP contribution < -0.4 is 10.9 Å². The van der Waals surface area contributed by atoms with Crippen molar-refractivity contribution in [2.24, 2.45) is 0 Å². The highest BCUT2D eigenvalue weighted by molar-refractivity contribution is 6.76. The zero-order chi connectivity index (χ0) is 34.8. The Morgan fingerprint density at radius 2 is 1.72 bits per heavy atom. The summed E-state index contributed by atoms with van der Waals surface area (Å²) in [5, 5.41) is 12.4. The van der Waals surface area contributed by atoms with Crippen molar-refractivity contribution >= 4 is 46.7 Å². The zero-order valence-corrected chi connectivity index (χ0v) is 30.4. The summed E-state index contributed by atoms with van der Waals surface area (Å²) in [6.07, 6.45) is 5.98. The number of piperidine rings is 1. The molecule has 4 heterocycles. The SMILES string of the molecule is Cc1cc(CC(NC(=O)N2CCC(c3cc4ccccc4[nH]c3=O)CC2)c2cc3ccccc3cn2)cc2cn(COCC[Si](C)(C)C)nc12. The molecule has 6 aromatic rings. The number of nitrogens with one attached hydrogen (secondary N) is 2. The fourth-order valence-electron chi connectivity index (χ4n) is 7.01. The van der Waals surface area contributed by atoms with Crippen molar-refractivity contribution in [3.05, 3.63) is 118 Å². The van der Waals surface area contributed by atoms with Gasteiger partial charge >= 0.3 is 6.03 Å². The minimum Gasteiger partial charge on any atom is -0.360 e. The second-order valence-corrected chi connectivity index (χ2v) is 20.6. The summed E-state index contributed by atoms with van der Waals surface area (Å²) >= 11 is 0. The largest absolute Gasteiger partial charge is 0.360 e. The number of hydrogen-bond donors (Lipinski definition) is 2. The molecule has 0 spiro atoms. The molecule has 1 aliphatic rings. The molecular formula is C40H46N6O3Si. The molecule has 0 radical (unpaired) electrons. The molecule has 7 rings (SSSR count). The van der Waals surface area contributed by atoms with Crippen LogP contribution in [0.3, 0.4) is 0 Å². The van der Waals surface area contributed by atoms with Crippen molar-refractivity contribution in [1.29, 1.82) is 0 Å². The molecule has 0 bridgehead atoms. The van der Waals surface area contributed by atoms with Gasteiger partial charge in [0.05, 0.1) is 17.3 Å². The molecule has 3 aromatic carbocycles. The van der Waals surface area contributed by atoms with Gasteiger partial charge < -0.3 is 19.9 Å². The maximum absolute atomic E-state index is 13.9. The highest BCUT2D eigenvalue weighted by Crippen LogP contribution is 2.29. The van der Waals surface area contributed by atoms with E-state index in [1.54, 1.807) is 0 Å². The third-order valence-electron chi connectivity index (χ3n) is 9.88. The van der Waals surface area contributed by atoms with Crippen LogP contribution in [0.4, 0.5) is 4.79 Å². The van der Waals surface area contributed by atoms with E-state index in [9.17, 15) is 9.59 Å². The first kappa shape index (κ1) is 33.7. The van der Waals surface area contributed by atoms with Crippen LogP contribution >= 0.6 is 0 Å². The van der Waals surface area contributed by atoms with Crippen LogP contribution in [0.1, 0.15) is 47.2 Å². The molecule has 3 aromatic heterocycles. The Kier molecular flexibility index (Phi) is 9.57. The van der Waals surface area contributed by atoms with Gasteiger partial charge in [0.1, 0.15) is 6.73 Å². The average molecular weight is 687 g/mol. The van der Waals surface area contributed by atoms with Crippen LogP contribution in [0.15, 0.2) is 90.0 Å². The highest BCUT2D eigenvalue weighted by atomic mass is 28.3. The summed E-state index contributed by atoms with van der Waals surface area (Å²) in [7, 11) is -1.16. The molecule has 1 atom stereocenters. The molecule has 1 aliphatic heterocycles. The van der Waals surface area contributed by atoms with Gasteiger partial charge in [-0.2, -0.15) is 5.10 Å². The van der Waals surface area contributed by atoms with Crippen molar-refractivity contribution in [3.8, 4) is 0 Å². The summed E-state index contributed by atoms with van der Waals surface area (Å²) in [5.41, 5.74) is 5.57. The van der Waals surface area contributed by atoms with E-state index in [-0.39, 0.29) is 23.6 Å². The Morgan fingerprint density at radius 3 is 2.50 bits per heavy atom. The maximum Gasteiger partial charge on any atom is 0.317 e. The Balaban J connectivity index is 1.08. The molecule has 1 unspecified atom stereocenters. The highest BCUT2D eigenvalue weighted by Gasteiger charge is 2.28. The van der Waals surface area contributed by atoms with E-state index in [0.29, 0.717) is 26.2 Å². The number of urea groups is 1. The number of aromatic amines is 1. The predicted molar refractivity (Wildman–Crippen MR) is 203 cm³/mol. The third-order valence-corrected chi connectivity index (χ3v) is 11.6. The standard InChI is InChI=1S/C40H46N6O3Si/c1-27-19-28(20-33-25-46(44-38(27)33)26-49-17-18-50(2,3)4)21-37(36-23-30-9-5-6-11-32(30)24-41-36)43-40(48)45-15-13-29(14-16-45)34-22-31-10-7-8-12-35(31)42-39(34)47/h5-12,19-20,22-25,29,37H,13-18,21,26H2,1-4H3,(H,42,47)(H,43,48). The minimum absolute atomic E-state index is 0.0404. The van der Waals surface area contributed by atoms with Gasteiger partial charge in [0.25, 0.3) is 5.56 Å². The van der Waals surface area contributed by atoms with Crippen LogP contribution in [0.2, 0.25) is 25.7 Å². The van der Waals surface area contributed by atoms with E-state index in [0.717, 1.165) is 80.5 Å². The van der Waals surface area contributed by atoms with Crippen molar-refractivity contribution in [1.82, 2.24) is 30.0 Å². The number of aryl methyl sites for hydroxylation is 1. The number of aromatic nitrogens is 4. The summed E-state index contributed by atoms with van der Waals surface area (Å²) in [4.78, 5) is 36.6. The van der Waals surface area contributed by atoms with E-state index >= 15 is 0 Å². The van der Waals surface area contributed by atoms with Gasteiger partial charge in [0, 0.05) is 62.0 Å². The number of nitrogens with zero attached hydrogens (tertiary/aromatic N) is 4. The maximum atomic E-state index is 13.9. The van der Waals surface area contributed by atoms with E-state index in [2.05, 4.69) is 61.1 Å². The van der Waals surface area contributed by atoms with E-state index in [1.165, 1.54) is 0 Å². The first-order valence-electron chi connectivity index (χ1n) is 17.7. The van der Waals surface area contributed by atoms with Crippen LogP contribution in [0, 0.1) is 6.92 Å². The number of carbonyl (C=O) groups is 1. The molecule has 10 heteroatoms. The number of para-hydroxylation sites is 1. The monoisotopic (exact) mass is 686 g/mol. The minimum atomic E-state index is -1.16. The smallest absolute Gasteiger partial charge is 0.317 e. The van der Waals surface area contributed by atoms with E-state index < -0.39 is 8.07 Å². The number of rotatable bonds is 10. The molecule has 1 saturated heterocycles. The number of fused-ring (bicyclic) bond motifs is 3. The van der Waals surface area contributed by atoms with E-state index in [1.807, 2.05) is 70.5 Å². The van der Waals surface area contributed by atoms with Gasteiger partial charge in [-0.3, -0.25) is 9.78 Å². The molecule has 9 nitrogen and oxygen atoms in total. The molecular weight excluding hydrogens is 641 g/mol. The number of hydrogen-bond acceptors (Lipinski definition) is 5. The lowest BCUT2D eigenvalue weighted by Gasteiger charge is -2.33. The van der Waals surface area contributed by atoms with Gasteiger partial charge in [-0.25, -0.2) is 9.48 Å². The lowest BCUT2D eigenvalue weighted by Crippen LogP contribution is -2.46. The third kappa shape index (κ3) is 7.66. The van der Waals surface area contributed by atoms with Crippen molar-refractivity contribution in [2.45, 2.75) is 70.6 Å². The second kappa shape index (κ2) is 14.2. The Morgan fingerprint density at radius 1 is 0.980 bits per heavy atom. The number of benzene rings is 3. The molecule has 0 saturated carbocycles. The number of pyridine rings is 2. The summed E-state index contributed by atoms with van der Waals surface area (Å²) in [5.74, 6) is 0.103. The van der Waals surface area contributed by atoms with Crippen molar-refractivity contribution in [3.63, 3.8) is 0 Å². The number of ether oxygens (including phenoxy) is 1. The number of H-pyrrole nitrogens is 1. The van der Waals surface area contributed by atoms with Gasteiger partial charge in [-0.1, -0.05) is 68.2 Å². The van der Waals surface area contributed by atoms with Crippen LogP contribution in [0.25, 0.3) is 32.6 Å². The Bertz CT molecular complexity index is 2210. The van der Waals surface area contributed by atoms with Crippen LogP contribution in [-0.2, 0) is 17.9 Å². The molecule has 2 N–H and O–H groups in total. The fourth-order valence-corrected chi connectivity index (χ4v) is 7.77. The molecule has 2 amide bonds.